The van der Waals surface area contributed by atoms with E-state index in [1.54, 1.807) is 13.8 Å². The minimum Gasteiger partial charge on any atom is -0.415 e. The average Bonchev–Trinajstić information content (AvgIpc) is 1.95. The Hall–Kier alpha value is 0.0569. The molecule has 0 aliphatic heterocycles. The first-order chi connectivity index (χ1) is 6.31. The molecule has 0 aromatic carbocycles. The van der Waals surface area contributed by atoms with Gasteiger partial charge in [-0.1, -0.05) is 0 Å². The van der Waals surface area contributed by atoms with E-state index in [1.807, 2.05) is 0 Å². The third kappa shape index (κ3) is 10.1. The molecule has 0 amide bonds. The van der Waals surface area contributed by atoms with Crippen LogP contribution in [0.1, 0.15) is 13.8 Å². The van der Waals surface area contributed by atoms with Crippen LogP contribution in [0.25, 0.3) is 0 Å². The zero-order valence-corrected chi connectivity index (χ0v) is 10.7. The summed E-state index contributed by atoms with van der Waals surface area (Å²) in [6, 6.07) is 0. The Bertz CT molecular complexity index is 144. The number of aliphatic hydroxyl groups is 1. The monoisotopic (exact) mass is 222 g/mol. The highest BCUT2D eigenvalue weighted by atomic mass is 28.4. The molecule has 0 fully saturated rings. The number of rotatable bonds is 7. The molecule has 0 aromatic heterocycles. The predicted molar refractivity (Wildman–Crippen MR) is 57.5 cm³/mol. The summed E-state index contributed by atoms with van der Waals surface area (Å²) in [5, 5.41) is 8.88. The Kier molecular flexibility index (Phi) is 6.55. The lowest BCUT2D eigenvalue weighted by Crippen LogP contribution is -2.28. The van der Waals surface area contributed by atoms with Gasteiger partial charge in [0.2, 0.25) is 0 Å². The van der Waals surface area contributed by atoms with Crippen LogP contribution < -0.4 is 0 Å². The molecule has 0 saturated heterocycles. The summed E-state index contributed by atoms with van der Waals surface area (Å²) in [7, 11) is -1.43. The van der Waals surface area contributed by atoms with E-state index in [1.165, 1.54) is 0 Å². The average molecular weight is 222 g/mol. The van der Waals surface area contributed by atoms with Crippen molar-refractivity contribution in [3.05, 3.63) is 0 Å². The zero-order valence-electron chi connectivity index (χ0n) is 9.74. The van der Waals surface area contributed by atoms with E-state index in [-0.39, 0.29) is 6.29 Å². The molecule has 0 aliphatic rings. The summed E-state index contributed by atoms with van der Waals surface area (Å²) in [4.78, 5) is 0. The molecule has 0 heterocycles. The predicted octanol–water partition coefficient (Wildman–Crippen LogP) is 1.56. The maximum Gasteiger partial charge on any atom is 0.183 e. The summed E-state index contributed by atoms with van der Waals surface area (Å²) < 4.78 is 15.8. The van der Waals surface area contributed by atoms with E-state index in [2.05, 4.69) is 19.6 Å². The quantitative estimate of drug-likeness (QED) is 0.403. The van der Waals surface area contributed by atoms with Gasteiger partial charge in [0, 0.05) is 0 Å². The van der Waals surface area contributed by atoms with Gasteiger partial charge in [0.1, 0.15) is 0 Å². The maximum absolute atomic E-state index is 8.88. The van der Waals surface area contributed by atoms with Gasteiger partial charge in [0.15, 0.2) is 20.9 Å². The third-order valence-corrected chi connectivity index (χ3v) is 2.43. The molecule has 0 aromatic rings. The van der Waals surface area contributed by atoms with Crippen LogP contribution in [0.5, 0.6) is 0 Å². The molecule has 1 N–H and O–H groups in total. The van der Waals surface area contributed by atoms with Gasteiger partial charge in [-0.15, -0.1) is 0 Å². The molecule has 0 spiro atoms. The van der Waals surface area contributed by atoms with E-state index in [9.17, 15) is 0 Å². The third-order valence-electron chi connectivity index (χ3n) is 1.36. The lowest BCUT2D eigenvalue weighted by Gasteiger charge is -2.19. The van der Waals surface area contributed by atoms with E-state index in [0.717, 1.165) is 0 Å². The molecule has 0 aliphatic carbocycles. The van der Waals surface area contributed by atoms with Crippen LogP contribution in [-0.2, 0) is 13.9 Å². The largest absolute Gasteiger partial charge is 0.415 e. The van der Waals surface area contributed by atoms with Crippen molar-refractivity contribution in [2.45, 2.75) is 46.1 Å². The van der Waals surface area contributed by atoms with Crippen molar-refractivity contribution < 1.29 is 19.0 Å². The smallest absolute Gasteiger partial charge is 0.183 e. The molecule has 0 radical (unpaired) electrons. The van der Waals surface area contributed by atoms with Crippen molar-refractivity contribution in [2.24, 2.45) is 0 Å². The van der Waals surface area contributed by atoms with Gasteiger partial charge in [-0.2, -0.15) is 0 Å². The van der Waals surface area contributed by atoms with Crippen molar-refractivity contribution in [3.8, 4) is 0 Å². The maximum atomic E-state index is 8.88. The second-order valence-electron chi connectivity index (χ2n) is 4.13. The van der Waals surface area contributed by atoms with Crippen LogP contribution >= 0.6 is 0 Å². The fraction of sp³-hybridized carbons (Fsp3) is 1.00. The molecule has 86 valence electrons. The Morgan fingerprint density at radius 1 is 1.14 bits per heavy atom. The standard InChI is InChI=1S/C9H22O4Si/c1-8(10)13-9(2)11-6-7-12-14(3,4)5/h8-10H,6-7H2,1-5H3. The van der Waals surface area contributed by atoms with E-state index >= 15 is 0 Å². The van der Waals surface area contributed by atoms with E-state index in [4.69, 9.17) is 19.0 Å². The fourth-order valence-electron chi connectivity index (χ4n) is 0.879. The summed E-state index contributed by atoms with van der Waals surface area (Å²) in [6.45, 7) is 10.8. The molecular weight excluding hydrogens is 200 g/mol. The first kappa shape index (κ1) is 14.1. The molecule has 2 atom stereocenters. The van der Waals surface area contributed by atoms with Gasteiger partial charge < -0.3 is 19.0 Å². The molecule has 5 heteroatoms. The van der Waals surface area contributed by atoms with Crippen LogP contribution in [0.2, 0.25) is 19.6 Å². The lowest BCUT2D eigenvalue weighted by atomic mass is 10.7. The van der Waals surface area contributed by atoms with Gasteiger partial charge in [-0.25, -0.2) is 0 Å². The highest BCUT2D eigenvalue weighted by Crippen LogP contribution is 2.02. The molecule has 0 saturated carbocycles. The number of hydrogen-bond donors (Lipinski definition) is 1. The fourth-order valence-corrected chi connectivity index (χ4v) is 1.57. The van der Waals surface area contributed by atoms with Crippen LogP contribution in [0, 0.1) is 0 Å². The molecule has 4 nitrogen and oxygen atoms in total. The van der Waals surface area contributed by atoms with Crippen LogP contribution in [0.15, 0.2) is 0 Å². The molecule has 0 rings (SSSR count). The Morgan fingerprint density at radius 2 is 1.71 bits per heavy atom. The second kappa shape index (κ2) is 6.52. The van der Waals surface area contributed by atoms with Crippen LogP contribution in [0.3, 0.4) is 0 Å². The van der Waals surface area contributed by atoms with Gasteiger partial charge in [0.25, 0.3) is 0 Å². The molecule has 14 heavy (non-hydrogen) atoms. The first-order valence-electron chi connectivity index (χ1n) is 4.90. The van der Waals surface area contributed by atoms with Gasteiger partial charge >= 0.3 is 0 Å². The van der Waals surface area contributed by atoms with Crippen molar-refractivity contribution in [1.82, 2.24) is 0 Å². The number of hydrogen-bond acceptors (Lipinski definition) is 4. The summed E-state index contributed by atoms with van der Waals surface area (Å²) in [6.07, 6.45) is -1.18. The van der Waals surface area contributed by atoms with Crippen LogP contribution in [-0.4, -0.2) is 39.2 Å². The highest BCUT2D eigenvalue weighted by Gasteiger charge is 2.13. The first-order valence-corrected chi connectivity index (χ1v) is 8.31. The molecule has 2 unspecified atom stereocenters. The van der Waals surface area contributed by atoms with Crippen molar-refractivity contribution in [1.29, 1.82) is 0 Å². The van der Waals surface area contributed by atoms with Crippen molar-refractivity contribution >= 4 is 8.32 Å². The molecular formula is C9H22O4Si. The summed E-state index contributed by atoms with van der Waals surface area (Å²) in [5.41, 5.74) is 0. The normalized spacial score (nSPS) is 16.7. The summed E-state index contributed by atoms with van der Waals surface area (Å²) >= 11 is 0. The Balaban J connectivity index is 3.36. The van der Waals surface area contributed by atoms with Crippen LogP contribution in [0.4, 0.5) is 0 Å². The minimum atomic E-state index is -1.43. The van der Waals surface area contributed by atoms with Gasteiger partial charge in [0.05, 0.1) is 13.2 Å². The van der Waals surface area contributed by atoms with E-state index in [0.29, 0.717) is 13.2 Å². The highest BCUT2D eigenvalue weighted by molar-refractivity contribution is 6.69. The Morgan fingerprint density at radius 3 is 2.14 bits per heavy atom. The number of ether oxygens (including phenoxy) is 2. The summed E-state index contributed by atoms with van der Waals surface area (Å²) in [5.74, 6) is 0. The SMILES string of the molecule is CC(O)OC(C)OCCO[Si](C)(C)C. The van der Waals surface area contributed by atoms with Crippen molar-refractivity contribution in [2.75, 3.05) is 13.2 Å². The number of aliphatic hydroxyl groups excluding tert-OH is 1. The van der Waals surface area contributed by atoms with Crippen molar-refractivity contribution in [3.63, 3.8) is 0 Å². The second-order valence-corrected chi connectivity index (χ2v) is 8.65. The Labute approximate surface area is 87.3 Å². The topological polar surface area (TPSA) is 47.9 Å². The zero-order chi connectivity index (χ0) is 11.2. The lowest BCUT2D eigenvalue weighted by molar-refractivity contribution is -0.214. The van der Waals surface area contributed by atoms with E-state index < -0.39 is 14.6 Å². The minimum absolute atomic E-state index is 0.389. The van der Waals surface area contributed by atoms with Gasteiger partial charge in [-0.05, 0) is 33.5 Å². The molecule has 0 bridgehead atoms. The van der Waals surface area contributed by atoms with Gasteiger partial charge in [-0.3, -0.25) is 0 Å².